The molecule has 2 amide bonds. The second-order valence-electron chi connectivity index (χ2n) is 8.26. The number of piperidine rings is 1. The van der Waals surface area contributed by atoms with Gasteiger partial charge in [0.15, 0.2) is 0 Å². The van der Waals surface area contributed by atoms with Crippen molar-refractivity contribution in [2.45, 2.75) is 32.2 Å². The molecule has 0 aliphatic carbocycles. The van der Waals surface area contributed by atoms with Gasteiger partial charge >= 0.3 is 6.03 Å². The summed E-state index contributed by atoms with van der Waals surface area (Å²) in [6.45, 7) is 4.73. The second-order valence-corrected chi connectivity index (χ2v) is 8.26. The highest BCUT2D eigenvalue weighted by Gasteiger charge is 2.22. The molecule has 0 bridgehead atoms. The zero-order valence-electron chi connectivity index (χ0n) is 18.6. The number of hydrogen-bond donors (Lipinski definition) is 2. The second kappa shape index (κ2) is 9.82. The molecule has 0 atom stereocenters. The number of benzene rings is 1. The van der Waals surface area contributed by atoms with Crippen LogP contribution in [0.15, 0.2) is 59.7 Å². The molecule has 0 radical (unpaired) electrons. The van der Waals surface area contributed by atoms with Gasteiger partial charge in [0, 0.05) is 45.1 Å². The minimum atomic E-state index is -0.328. The first-order chi connectivity index (χ1) is 15.5. The fourth-order valence-electron chi connectivity index (χ4n) is 4.18. The Kier molecular flexibility index (Phi) is 6.70. The average molecular weight is 435 g/mol. The Morgan fingerprint density at radius 2 is 1.78 bits per heavy atom. The first kappa shape index (κ1) is 21.8. The number of pyridine rings is 1. The van der Waals surface area contributed by atoms with Gasteiger partial charge in [-0.3, -0.25) is 14.5 Å². The van der Waals surface area contributed by atoms with E-state index >= 15 is 0 Å². The number of rotatable bonds is 6. The van der Waals surface area contributed by atoms with Crippen molar-refractivity contribution in [1.82, 2.24) is 24.6 Å². The van der Waals surface area contributed by atoms with Gasteiger partial charge in [-0.1, -0.05) is 18.2 Å². The van der Waals surface area contributed by atoms with E-state index in [2.05, 4.69) is 32.7 Å². The van der Waals surface area contributed by atoms with Gasteiger partial charge in [-0.2, -0.15) is 0 Å². The molecule has 3 aromatic rings. The topological polar surface area (TPSA) is 84.2 Å². The van der Waals surface area contributed by atoms with Crippen LogP contribution in [0, 0.1) is 6.92 Å². The highest BCUT2D eigenvalue weighted by Crippen LogP contribution is 2.15. The molecule has 168 valence electrons. The molecule has 1 aromatic carbocycles. The smallest absolute Gasteiger partial charge is 0.319 e. The Hall–Kier alpha value is -3.39. The predicted octanol–water partition coefficient (Wildman–Crippen LogP) is 2.71. The van der Waals surface area contributed by atoms with Gasteiger partial charge in [0.1, 0.15) is 5.69 Å². The number of anilines is 1. The van der Waals surface area contributed by atoms with E-state index in [1.165, 1.54) is 5.56 Å². The van der Waals surface area contributed by atoms with Gasteiger partial charge in [0.2, 0.25) is 0 Å². The SMILES string of the molecule is Cc1c(NC(=O)NC2CCN(CCc3ccncc3)CC2)c(=O)n(-c2ccccc2)n1C. The zero-order valence-corrected chi connectivity index (χ0v) is 18.6. The third-order valence-corrected chi connectivity index (χ3v) is 6.18. The Morgan fingerprint density at radius 3 is 2.47 bits per heavy atom. The van der Waals surface area contributed by atoms with E-state index in [4.69, 9.17) is 0 Å². The summed E-state index contributed by atoms with van der Waals surface area (Å²) in [6, 6.07) is 13.3. The number of urea groups is 1. The van der Waals surface area contributed by atoms with Crippen LogP contribution in [0.2, 0.25) is 0 Å². The number of aromatic nitrogens is 3. The van der Waals surface area contributed by atoms with Gasteiger partial charge < -0.3 is 15.5 Å². The van der Waals surface area contributed by atoms with Gasteiger partial charge in [0.05, 0.1) is 11.4 Å². The van der Waals surface area contributed by atoms with Crippen molar-refractivity contribution in [3.05, 3.63) is 76.5 Å². The first-order valence-electron chi connectivity index (χ1n) is 11.1. The molecular formula is C24H30N6O2. The molecule has 4 rings (SSSR count). The van der Waals surface area contributed by atoms with E-state index in [9.17, 15) is 9.59 Å². The molecule has 0 spiro atoms. The number of carbonyl (C=O) groups is 1. The normalized spacial score (nSPS) is 14.9. The molecule has 2 N–H and O–H groups in total. The summed E-state index contributed by atoms with van der Waals surface area (Å²) in [5.41, 5.74) is 2.83. The molecule has 2 aromatic heterocycles. The minimum absolute atomic E-state index is 0.104. The molecule has 8 heteroatoms. The van der Waals surface area contributed by atoms with Crippen molar-refractivity contribution in [3.63, 3.8) is 0 Å². The fraction of sp³-hybridized carbons (Fsp3) is 0.375. The standard InChI is InChI=1S/C24H30N6O2/c1-18-22(23(31)30(28(18)2)21-6-4-3-5-7-21)27-24(32)26-20-11-16-29(17-12-20)15-10-19-8-13-25-14-9-19/h3-9,13-14,20H,10-12,15-17H2,1-2H3,(H2,26,27,32). The van der Waals surface area contributed by atoms with Crippen molar-refractivity contribution >= 4 is 11.7 Å². The van der Waals surface area contributed by atoms with E-state index < -0.39 is 0 Å². The fourth-order valence-corrected chi connectivity index (χ4v) is 4.18. The molecule has 1 aliphatic heterocycles. The summed E-state index contributed by atoms with van der Waals surface area (Å²) >= 11 is 0. The Labute approximate surface area is 187 Å². The molecule has 3 heterocycles. The van der Waals surface area contributed by atoms with Crippen molar-refractivity contribution in [2.24, 2.45) is 7.05 Å². The molecule has 32 heavy (non-hydrogen) atoms. The molecule has 1 aliphatic rings. The van der Waals surface area contributed by atoms with Gasteiger partial charge in [-0.25, -0.2) is 9.48 Å². The first-order valence-corrected chi connectivity index (χ1v) is 11.1. The van der Waals surface area contributed by atoms with E-state index in [1.54, 1.807) is 9.36 Å². The third kappa shape index (κ3) is 4.91. The lowest BCUT2D eigenvalue weighted by atomic mass is 10.0. The summed E-state index contributed by atoms with van der Waals surface area (Å²) in [7, 11) is 1.81. The molecule has 1 saturated heterocycles. The summed E-state index contributed by atoms with van der Waals surface area (Å²) in [6.07, 6.45) is 6.44. The van der Waals surface area contributed by atoms with Crippen LogP contribution < -0.4 is 16.2 Å². The van der Waals surface area contributed by atoms with Crippen LogP contribution in [0.25, 0.3) is 5.69 Å². The van der Waals surface area contributed by atoms with Crippen LogP contribution >= 0.6 is 0 Å². The third-order valence-electron chi connectivity index (χ3n) is 6.18. The number of hydrogen-bond acceptors (Lipinski definition) is 4. The van der Waals surface area contributed by atoms with Gasteiger partial charge in [-0.05, 0) is 56.0 Å². The maximum Gasteiger partial charge on any atom is 0.319 e. The Morgan fingerprint density at radius 1 is 1.09 bits per heavy atom. The summed E-state index contributed by atoms with van der Waals surface area (Å²) in [5.74, 6) is 0. The van der Waals surface area contributed by atoms with Crippen molar-refractivity contribution < 1.29 is 4.79 Å². The van der Waals surface area contributed by atoms with E-state index in [0.29, 0.717) is 11.4 Å². The number of carbonyl (C=O) groups excluding carboxylic acids is 1. The van der Waals surface area contributed by atoms with Crippen LogP contribution in [0.4, 0.5) is 10.5 Å². The number of nitrogens with zero attached hydrogens (tertiary/aromatic N) is 4. The van der Waals surface area contributed by atoms with Crippen LogP contribution in [0.5, 0.6) is 0 Å². The lowest BCUT2D eigenvalue weighted by Gasteiger charge is -2.32. The summed E-state index contributed by atoms with van der Waals surface area (Å²) in [5, 5.41) is 5.83. The minimum Gasteiger partial charge on any atom is -0.335 e. The van der Waals surface area contributed by atoms with Crippen molar-refractivity contribution in [1.29, 1.82) is 0 Å². The molecule has 8 nitrogen and oxygen atoms in total. The van der Waals surface area contributed by atoms with Crippen LogP contribution in [0.3, 0.4) is 0 Å². The number of nitrogens with one attached hydrogen (secondary N) is 2. The zero-order chi connectivity index (χ0) is 22.5. The van der Waals surface area contributed by atoms with Crippen molar-refractivity contribution in [2.75, 3.05) is 25.0 Å². The highest BCUT2D eigenvalue weighted by atomic mass is 16.2. The number of amides is 2. The monoisotopic (exact) mass is 434 g/mol. The van der Waals surface area contributed by atoms with E-state index in [0.717, 1.165) is 44.6 Å². The number of likely N-dealkylation sites (tertiary alicyclic amines) is 1. The Bertz CT molecular complexity index is 1100. The summed E-state index contributed by atoms with van der Waals surface area (Å²) < 4.78 is 3.32. The lowest BCUT2D eigenvalue weighted by molar-refractivity contribution is 0.197. The van der Waals surface area contributed by atoms with E-state index in [1.807, 2.05) is 56.7 Å². The van der Waals surface area contributed by atoms with Crippen molar-refractivity contribution in [3.8, 4) is 5.69 Å². The average Bonchev–Trinajstić information content (AvgIpc) is 3.03. The molecular weight excluding hydrogens is 404 g/mol. The van der Waals surface area contributed by atoms with Crippen LogP contribution in [0.1, 0.15) is 24.1 Å². The van der Waals surface area contributed by atoms with E-state index in [-0.39, 0.29) is 17.6 Å². The number of para-hydroxylation sites is 1. The maximum absolute atomic E-state index is 13.0. The van der Waals surface area contributed by atoms with Gasteiger partial charge in [-0.15, -0.1) is 0 Å². The largest absolute Gasteiger partial charge is 0.335 e. The summed E-state index contributed by atoms with van der Waals surface area (Å²) in [4.78, 5) is 32.1. The Balaban J connectivity index is 1.31. The molecule has 1 fully saturated rings. The quantitative estimate of drug-likeness (QED) is 0.625. The van der Waals surface area contributed by atoms with Gasteiger partial charge in [0.25, 0.3) is 5.56 Å². The molecule has 0 saturated carbocycles. The van der Waals surface area contributed by atoms with Crippen LogP contribution in [-0.2, 0) is 13.5 Å². The predicted molar refractivity (Wildman–Crippen MR) is 125 cm³/mol. The lowest BCUT2D eigenvalue weighted by Crippen LogP contribution is -2.46. The van der Waals surface area contributed by atoms with Crippen LogP contribution in [-0.4, -0.2) is 51.0 Å². The highest BCUT2D eigenvalue weighted by molar-refractivity contribution is 5.90. The maximum atomic E-state index is 13.0. The molecule has 0 unspecified atom stereocenters.